The molecule has 0 heterocycles. The summed E-state index contributed by atoms with van der Waals surface area (Å²) in [6.45, 7) is 0. The minimum Gasteiger partial charge on any atom is -0.211 e. The maximum absolute atomic E-state index is 9.87. The standard InChI is InChI=1S/C7H3BrClNO/c8-5-2-1-3-6(7(5)9)10-4-11/h1-3H. The summed E-state index contributed by atoms with van der Waals surface area (Å²) in [6, 6.07) is 5.15. The number of hydrogen-bond acceptors (Lipinski definition) is 2. The van der Waals surface area contributed by atoms with Crippen molar-refractivity contribution in [2.24, 2.45) is 4.99 Å². The zero-order chi connectivity index (χ0) is 8.27. The van der Waals surface area contributed by atoms with Crippen molar-refractivity contribution in [3.63, 3.8) is 0 Å². The molecule has 0 saturated carbocycles. The highest BCUT2D eigenvalue weighted by Crippen LogP contribution is 2.31. The smallest absolute Gasteiger partial charge is 0.211 e. The van der Waals surface area contributed by atoms with E-state index in [0.29, 0.717) is 10.7 Å². The summed E-state index contributed by atoms with van der Waals surface area (Å²) in [5.74, 6) is 0. The molecule has 4 heteroatoms. The quantitative estimate of drug-likeness (QED) is 0.540. The lowest BCUT2D eigenvalue weighted by atomic mass is 10.3. The number of isocyanates is 1. The molecule has 0 aliphatic heterocycles. The van der Waals surface area contributed by atoms with Crippen molar-refractivity contribution >= 4 is 39.3 Å². The number of hydrogen-bond donors (Lipinski definition) is 0. The van der Waals surface area contributed by atoms with Crippen molar-refractivity contribution in [2.45, 2.75) is 0 Å². The molecular weight excluding hydrogens is 229 g/mol. The average Bonchev–Trinajstić information content (AvgIpc) is 1.99. The molecule has 0 N–H and O–H groups in total. The third-order valence-corrected chi connectivity index (χ3v) is 2.38. The van der Waals surface area contributed by atoms with Gasteiger partial charge >= 0.3 is 0 Å². The van der Waals surface area contributed by atoms with E-state index >= 15 is 0 Å². The first-order valence-corrected chi connectivity index (χ1v) is 3.94. The first-order valence-electron chi connectivity index (χ1n) is 2.77. The van der Waals surface area contributed by atoms with Gasteiger partial charge in [-0.15, -0.1) is 0 Å². The molecule has 1 aromatic carbocycles. The molecule has 0 spiro atoms. The molecule has 1 rings (SSSR count). The van der Waals surface area contributed by atoms with Crippen LogP contribution < -0.4 is 0 Å². The Hall–Kier alpha value is -0.630. The van der Waals surface area contributed by atoms with Crippen LogP contribution in [0.1, 0.15) is 0 Å². The van der Waals surface area contributed by atoms with Crippen molar-refractivity contribution in [1.82, 2.24) is 0 Å². The number of nitrogens with zero attached hydrogens (tertiary/aromatic N) is 1. The van der Waals surface area contributed by atoms with Crippen LogP contribution >= 0.6 is 27.5 Å². The van der Waals surface area contributed by atoms with Gasteiger partial charge in [0.15, 0.2) is 0 Å². The molecule has 0 radical (unpaired) electrons. The fourth-order valence-corrected chi connectivity index (χ4v) is 1.15. The van der Waals surface area contributed by atoms with Gasteiger partial charge in [0.25, 0.3) is 0 Å². The molecule has 0 aromatic heterocycles. The monoisotopic (exact) mass is 231 g/mol. The van der Waals surface area contributed by atoms with Crippen LogP contribution in [0.5, 0.6) is 0 Å². The third kappa shape index (κ3) is 1.90. The Kier molecular flexibility index (Phi) is 2.83. The van der Waals surface area contributed by atoms with Crippen molar-refractivity contribution < 1.29 is 4.79 Å². The molecule has 11 heavy (non-hydrogen) atoms. The van der Waals surface area contributed by atoms with Crippen LogP contribution in [-0.2, 0) is 4.79 Å². The van der Waals surface area contributed by atoms with Gasteiger partial charge in [0.05, 0.1) is 10.7 Å². The van der Waals surface area contributed by atoms with E-state index < -0.39 is 0 Å². The summed E-state index contributed by atoms with van der Waals surface area (Å²) in [6.07, 6.45) is 1.42. The first kappa shape index (κ1) is 8.47. The molecule has 1 aromatic rings. The molecule has 0 atom stereocenters. The van der Waals surface area contributed by atoms with Crippen molar-refractivity contribution in [3.8, 4) is 0 Å². The van der Waals surface area contributed by atoms with E-state index in [4.69, 9.17) is 11.6 Å². The molecular formula is C7H3BrClNO. The molecule has 0 aliphatic carbocycles. The van der Waals surface area contributed by atoms with Crippen molar-refractivity contribution in [3.05, 3.63) is 27.7 Å². The SMILES string of the molecule is O=C=Nc1cccc(Br)c1Cl. The van der Waals surface area contributed by atoms with Crippen LogP contribution in [0, 0.1) is 0 Å². The topological polar surface area (TPSA) is 29.4 Å². The summed E-state index contributed by atoms with van der Waals surface area (Å²) in [4.78, 5) is 13.3. The van der Waals surface area contributed by atoms with Crippen molar-refractivity contribution in [2.75, 3.05) is 0 Å². The normalized spacial score (nSPS) is 8.91. The summed E-state index contributed by atoms with van der Waals surface area (Å²) in [7, 11) is 0. The van der Waals surface area contributed by atoms with Gasteiger partial charge in [0.1, 0.15) is 0 Å². The molecule has 56 valence electrons. The van der Waals surface area contributed by atoms with E-state index in [1.54, 1.807) is 18.2 Å². The highest BCUT2D eigenvalue weighted by atomic mass is 79.9. The summed E-state index contributed by atoms with van der Waals surface area (Å²) in [5.41, 5.74) is 0.427. The second-order valence-electron chi connectivity index (χ2n) is 1.78. The Balaban J connectivity index is 3.26. The minimum atomic E-state index is 0.427. The second-order valence-corrected chi connectivity index (χ2v) is 3.01. The van der Waals surface area contributed by atoms with Crippen LogP contribution in [0.25, 0.3) is 0 Å². The largest absolute Gasteiger partial charge is 0.240 e. The summed E-state index contributed by atoms with van der Waals surface area (Å²) in [5, 5.41) is 0.427. The van der Waals surface area contributed by atoms with Gasteiger partial charge in [-0.3, -0.25) is 0 Å². The van der Waals surface area contributed by atoms with Gasteiger partial charge in [-0.05, 0) is 28.1 Å². The maximum Gasteiger partial charge on any atom is 0.240 e. The molecule has 0 aliphatic rings. The lowest BCUT2D eigenvalue weighted by molar-refractivity contribution is 0.565. The molecule has 2 nitrogen and oxygen atoms in total. The summed E-state index contributed by atoms with van der Waals surface area (Å²) >= 11 is 8.95. The fourth-order valence-electron chi connectivity index (χ4n) is 0.628. The highest BCUT2D eigenvalue weighted by molar-refractivity contribution is 9.10. The zero-order valence-corrected chi connectivity index (χ0v) is 7.69. The van der Waals surface area contributed by atoms with Crippen LogP contribution in [0.2, 0.25) is 5.02 Å². The Morgan fingerprint density at radius 3 is 2.91 bits per heavy atom. The number of rotatable bonds is 1. The Bertz CT molecular complexity index is 320. The van der Waals surface area contributed by atoms with Gasteiger partial charge in [0, 0.05) is 4.47 Å². The summed E-state index contributed by atoms with van der Waals surface area (Å²) < 4.78 is 0.718. The predicted octanol–water partition coefficient (Wildman–Crippen LogP) is 3.07. The fraction of sp³-hybridized carbons (Fsp3) is 0. The molecule has 0 fully saturated rings. The Morgan fingerprint density at radius 2 is 2.27 bits per heavy atom. The molecule has 0 saturated heterocycles. The van der Waals surface area contributed by atoms with Gasteiger partial charge in [-0.2, -0.15) is 4.99 Å². The van der Waals surface area contributed by atoms with Crippen LogP contribution in [0.3, 0.4) is 0 Å². The second kappa shape index (κ2) is 3.67. The van der Waals surface area contributed by atoms with Crippen LogP contribution in [0.15, 0.2) is 27.7 Å². The maximum atomic E-state index is 9.87. The van der Waals surface area contributed by atoms with E-state index in [2.05, 4.69) is 20.9 Å². The number of aliphatic imine (C=N–C) groups is 1. The number of carbonyl (C=O) groups excluding carboxylic acids is 1. The van der Waals surface area contributed by atoms with Crippen LogP contribution in [0.4, 0.5) is 5.69 Å². The predicted molar refractivity (Wildman–Crippen MR) is 46.9 cm³/mol. The third-order valence-electron chi connectivity index (χ3n) is 1.10. The van der Waals surface area contributed by atoms with E-state index in [9.17, 15) is 4.79 Å². The van der Waals surface area contributed by atoms with Gasteiger partial charge in [-0.25, -0.2) is 4.79 Å². The average molecular weight is 232 g/mol. The Morgan fingerprint density at radius 1 is 1.55 bits per heavy atom. The molecule has 0 unspecified atom stereocenters. The minimum absolute atomic E-state index is 0.427. The zero-order valence-electron chi connectivity index (χ0n) is 5.34. The molecule has 0 bridgehead atoms. The lowest BCUT2D eigenvalue weighted by Crippen LogP contribution is -1.69. The van der Waals surface area contributed by atoms with Gasteiger partial charge in [-0.1, -0.05) is 17.7 Å². The van der Waals surface area contributed by atoms with E-state index in [1.807, 2.05) is 0 Å². The number of benzene rings is 1. The van der Waals surface area contributed by atoms with E-state index in [-0.39, 0.29) is 0 Å². The van der Waals surface area contributed by atoms with Gasteiger partial charge in [0.2, 0.25) is 6.08 Å². The van der Waals surface area contributed by atoms with Crippen LogP contribution in [-0.4, -0.2) is 6.08 Å². The lowest BCUT2D eigenvalue weighted by Gasteiger charge is -1.96. The number of halogens is 2. The van der Waals surface area contributed by atoms with E-state index in [0.717, 1.165) is 4.47 Å². The van der Waals surface area contributed by atoms with Gasteiger partial charge < -0.3 is 0 Å². The highest BCUT2D eigenvalue weighted by Gasteiger charge is 2.00. The van der Waals surface area contributed by atoms with Crippen molar-refractivity contribution in [1.29, 1.82) is 0 Å². The first-order chi connectivity index (χ1) is 5.25. The molecule has 0 amide bonds. The Labute approximate surface area is 77.0 Å². The van der Waals surface area contributed by atoms with E-state index in [1.165, 1.54) is 6.08 Å².